The molecule has 1 fully saturated rings. The molecule has 0 spiro atoms. The number of nitrogens with zero attached hydrogens (tertiary/aromatic N) is 4. The number of rotatable bonds is 5. The van der Waals surface area contributed by atoms with Gasteiger partial charge in [0.05, 0.1) is 4.88 Å². The van der Waals surface area contributed by atoms with Gasteiger partial charge in [0.25, 0.3) is 5.91 Å². The summed E-state index contributed by atoms with van der Waals surface area (Å²) in [4.78, 5) is 26.8. The second kappa shape index (κ2) is 8.83. The van der Waals surface area contributed by atoms with E-state index in [2.05, 4.69) is 20.3 Å². The van der Waals surface area contributed by atoms with Crippen LogP contribution in [0, 0.1) is 12.8 Å². The molecule has 1 amide bonds. The number of thiazole rings is 1. The van der Waals surface area contributed by atoms with E-state index in [-0.39, 0.29) is 24.4 Å². The second-order valence-electron chi connectivity index (χ2n) is 7.59. The molecule has 3 aromatic rings. The van der Waals surface area contributed by atoms with Crippen molar-refractivity contribution in [3.8, 4) is 10.4 Å². The van der Waals surface area contributed by atoms with Gasteiger partial charge in [0.15, 0.2) is 5.01 Å². The van der Waals surface area contributed by atoms with Crippen LogP contribution in [0.4, 0.5) is 24.8 Å². The summed E-state index contributed by atoms with van der Waals surface area (Å²) in [6, 6.07) is 6.22. The van der Waals surface area contributed by atoms with Gasteiger partial charge in [-0.15, -0.1) is 11.3 Å². The van der Waals surface area contributed by atoms with Crippen LogP contribution in [0.5, 0.6) is 0 Å². The third-order valence-electron chi connectivity index (χ3n) is 5.08. The molecular weight excluding hydrogens is 443 g/mol. The smallest absolute Gasteiger partial charge is 0.396 e. The summed E-state index contributed by atoms with van der Waals surface area (Å²) in [5.74, 6) is -0.230. The molecule has 32 heavy (non-hydrogen) atoms. The maximum atomic E-state index is 12.9. The van der Waals surface area contributed by atoms with Crippen molar-refractivity contribution in [2.75, 3.05) is 25.0 Å². The number of nitrogens with one attached hydrogen (secondary N) is 1. The Morgan fingerprint density at radius 2 is 2.12 bits per heavy atom. The highest BCUT2D eigenvalue weighted by atomic mass is 32.1. The van der Waals surface area contributed by atoms with Gasteiger partial charge in [-0.1, -0.05) is 6.07 Å². The number of halogens is 3. The van der Waals surface area contributed by atoms with E-state index in [0.717, 1.165) is 34.7 Å². The number of carbonyl (C=O) groups is 1. The van der Waals surface area contributed by atoms with E-state index in [1.165, 1.54) is 11.3 Å². The van der Waals surface area contributed by atoms with Crippen molar-refractivity contribution in [3.05, 3.63) is 52.9 Å². The van der Waals surface area contributed by atoms with Crippen molar-refractivity contribution in [1.82, 2.24) is 19.9 Å². The van der Waals surface area contributed by atoms with Crippen LogP contribution in [-0.4, -0.2) is 50.6 Å². The summed E-state index contributed by atoms with van der Waals surface area (Å²) in [6.45, 7) is 3.02. The largest absolute Gasteiger partial charge is 0.433 e. The lowest BCUT2D eigenvalue weighted by Crippen LogP contribution is -2.28. The van der Waals surface area contributed by atoms with Crippen molar-refractivity contribution >= 4 is 28.9 Å². The Balaban J connectivity index is 1.54. The predicted octanol–water partition coefficient (Wildman–Crippen LogP) is 4.13. The predicted molar refractivity (Wildman–Crippen MR) is 114 cm³/mol. The van der Waals surface area contributed by atoms with Crippen LogP contribution < -0.4 is 5.32 Å². The fourth-order valence-corrected chi connectivity index (χ4v) is 4.38. The minimum absolute atomic E-state index is 0.0571. The number of aliphatic hydroxyl groups excluding tert-OH is 1. The summed E-state index contributed by atoms with van der Waals surface area (Å²) in [6.07, 6.45) is -1.13. The number of hydrogen-bond acceptors (Lipinski definition) is 7. The Labute approximate surface area is 186 Å². The van der Waals surface area contributed by atoms with Crippen LogP contribution in [0.2, 0.25) is 0 Å². The average molecular weight is 463 g/mol. The number of aryl methyl sites for hydroxylation is 1. The molecule has 1 aromatic carbocycles. The number of benzene rings is 1. The fraction of sp³-hybridized carbons (Fsp3) is 0.333. The first kappa shape index (κ1) is 22.2. The van der Waals surface area contributed by atoms with Gasteiger partial charge in [-0.2, -0.15) is 13.2 Å². The Morgan fingerprint density at radius 3 is 2.84 bits per heavy atom. The molecule has 0 aliphatic carbocycles. The lowest BCUT2D eigenvalue weighted by Gasteiger charge is -2.14. The van der Waals surface area contributed by atoms with Crippen LogP contribution >= 0.6 is 11.3 Å². The van der Waals surface area contributed by atoms with Crippen molar-refractivity contribution in [2.24, 2.45) is 5.92 Å². The van der Waals surface area contributed by atoms with E-state index >= 15 is 0 Å². The van der Waals surface area contributed by atoms with Gasteiger partial charge in [-0.05, 0) is 42.7 Å². The van der Waals surface area contributed by atoms with Crippen molar-refractivity contribution in [2.45, 2.75) is 19.5 Å². The quantitative estimate of drug-likeness (QED) is 0.592. The van der Waals surface area contributed by atoms with E-state index < -0.39 is 11.9 Å². The topological polar surface area (TPSA) is 91.2 Å². The van der Waals surface area contributed by atoms with Gasteiger partial charge in [-0.25, -0.2) is 15.0 Å². The maximum absolute atomic E-state index is 12.9. The molecule has 0 saturated carbocycles. The molecular formula is C21H20F3N5O2S. The molecule has 3 heterocycles. The lowest BCUT2D eigenvalue weighted by molar-refractivity contribution is -0.141. The standard InChI is InChI=1S/C21H20F3N5O2S/c1-12-6-14(8-15(7-12)27-20-25-4-2-17(28-20)21(22,23)24)16-9-26-18(32-16)19(31)29-5-3-13(10-29)11-30/h2,4,6-9,13,30H,3,5,10-11H2,1H3,(H,25,27,28)/t13-/m1/s1. The van der Waals surface area contributed by atoms with Crippen molar-refractivity contribution in [1.29, 1.82) is 0 Å². The minimum Gasteiger partial charge on any atom is -0.396 e. The van der Waals surface area contributed by atoms with Crippen LogP contribution in [0.15, 0.2) is 36.7 Å². The number of likely N-dealkylation sites (tertiary alicyclic amines) is 1. The third kappa shape index (κ3) is 4.89. The number of amides is 1. The zero-order valence-corrected chi connectivity index (χ0v) is 17.9. The third-order valence-corrected chi connectivity index (χ3v) is 6.12. The molecule has 11 heteroatoms. The van der Waals surface area contributed by atoms with Gasteiger partial charge >= 0.3 is 6.18 Å². The number of alkyl halides is 3. The molecule has 0 unspecified atom stereocenters. The Morgan fingerprint density at radius 1 is 1.31 bits per heavy atom. The Hall–Kier alpha value is -3.05. The highest BCUT2D eigenvalue weighted by Crippen LogP contribution is 2.32. The number of carbonyl (C=O) groups excluding carboxylic acids is 1. The molecule has 1 atom stereocenters. The molecule has 1 saturated heterocycles. The number of hydrogen-bond donors (Lipinski definition) is 2. The summed E-state index contributed by atoms with van der Waals surface area (Å²) < 4.78 is 38.7. The van der Waals surface area contributed by atoms with Crippen LogP contribution in [-0.2, 0) is 6.18 Å². The molecule has 1 aliphatic heterocycles. The monoisotopic (exact) mass is 463 g/mol. The van der Waals surface area contributed by atoms with Crippen LogP contribution in [0.25, 0.3) is 10.4 Å². The molecule has 1 aliphatic rings. The van der Waals surface area contributed by atoms with Gasteiger partial charge in [-0.3, -0.25) is 4.79 Å². The molecule has 0 radical (unpaired) electrons. The summed E-state index contributed by atoms with van der Waals surface area (Å²) >= 11 is 1.25. The highest BCUT2D eigenvalue weighted by Gasteiger charge is 2.33. The Kier molecular flexibility index (Phi) is 6.11. The minimum atomic E-state index is -4.56. The van der Waals surface area contributed by atoms with E-state index in [1.54, 1.807) is 23.2 Å². The number of aromatic nitrogens is 3. The van der Waals surface area contributed by atoms with Crippen molar-refractivity contribution in [3.63, 3.8) is 0 Å². The first-order valence-corrected chi connectivity index (χ1v) is 10.7. The SMILES string of the molecule is Cc1cc(Nc2nccc(C(F)(F)F)n2)cc(-c2cnc(C(=O)N3CC[C@@H](CO)C3)s2)c1. The first-order valence-electron chi connectivity index (χ1n) is 9.88. The van der Waals surface area contributed by atoms with Crippen LogP contribution in [0.3, 0.4) is 0 Å². The summed E-state index contributed by atoms with van der Waals surface area (Å²) in [5.41, 5.74) is 1.12. The van der Waals surface area contributed by atoms with Crippen molar-refractivity contribution < 1.29 is 23.1 Å². The zero-order chi connectivity index (χ0) is 22.9. The van der Waals surface area contributed by atoms with Gasteiger partial charge in [0.1, 0.15) is 5.69 Å². The molecule has 168 valence electrons. The van der Waals surface area contributed by atoms with E-state index in [9.17, 15) is 23.1 Å². The van der Waals surface area contributed by atoms with Gasteiger partial charge in [0.2, 0.25) is 5.95 Å². The van der Waals surface area contributed by atoms with E-state index in [1.807, 2.05) is 13.0 Å². The molecule has 7 nitrogen and oxygen atoms in total. The average Bonchev–Trinajstić information content (AvgIpc) is 3.42. The number of aliphatic hydroxyl groups is 1. The maximum Gasteiger partial charge on any atom is 0.433 e. The second-order valence-corrected chi connectivity index (χ2v) is 8.62. The highest BCUT2D eigenvalue weighted by molar-refractivity contribution is 7.17. The van der Waals surface area contributed by atoms with Gasteiger partial charge in [0, 0.05) is 43.7 Å². The fourth-order valence-electron chi connectivity index (χ4n) is 3.51. The van der Waals surface area contributed by atoms with Gasteiger partial charge < -0.3 is 15.3 Å². The molecule has 2 N–H and O–H groups in total. The molecule has 4 rings (SSSR count). The normalized spacial score (nSPS) is 16.4. The van der Waals surface area contributed by atoms with E-state index in [4.69, 9.17) is 0 Å². The van der Waals surface area contributed by atoms with Crippen LogP contribution in [0.1, 0.15) is 27.5 Å². The Bertz CT molecular complexity index is 1130. The zero-order valence-electron chi connectivity index (χ0n) is 17.1. The first-order chi connectivity index (χ1) is 15.2. The summed E-state index contributed by atoms with van der Waals surface area (Å²) in [5, 5.41) is 12.5. The number of anilines is 2. The molecule has 2 aromatic heterocycles. The van der Waals surface area contributed by atoms with E-state index in [0.29, 0.717) is 23.8 Å². The lowest BCUT2D eigenvalue weighted by atomic mass is 10.1. The molecule has 0 bridgehead atoms. The summed E-state index contributed by atoms with van der Waals surface area (Å²) in [7, 11) is 0.